The van der Waals surface area contributed by atoms with Gasteiger partial charge in [-0.2, -0.15) is 0 Å². The van der Waals surface area contributed by atoms with Crippen LogP contribution in [0.2, 0.25) is 0 Å². The van der Waals surface area contributed by atoms with Crippen LogP contribution in [0, 0.1) is 0 Å². The summed E-state index contributed by atoms with van der Waals surface area (Å²) < 4.78 is 6.77. The molecule has 0 amide bonds. The molecule has 6 heteroatoms. The van der Waals surface area contributed by atoms with E-state index < -0.39 is 0 Å². The number of tetrazole rings is 1. The third-order valence-corrected chi connectivity index (χ3v) is 1.86. The highest BCUT2D eigenvalue weighted by Gasteiger charge is 2.03. The summed E-state index contributed by atoms with van der Waals surface area (Å²) in [6.45, 7) is 5.24. The smallest absolute Gasteiger partial charge is 0.165 e. The van der Waals surface area contributed by atoms with Crippen molar-refractivity contribution in [3.05, 3.63) is 5.82 Å². The molecule has 1 aromatic rings. The maximum absolute atomic E-state index is 4.96. The molecular formula is C8H17N5O. The molecule has 0 aromatic carbocycles. The SMILES string of the molecule is CCNCc1nnnn1CCCOC. The standard InChI is InChI=1S/C8H17N5O/c1-3-9-7-8-10-11-12-13(8)5-4-6-14-2/h9H,3-7H2,1-2H3. The third-order valence-electron chi connectivity index (χ3n) is 1.86. The first kappa shape index (κ1) is 11.1. The second kappa shape index (κ2) is 6.44. The average molecular weight is 199 g/mol. The normalized spacial score (nSPS) is 10.7. The molecular weight excluding hydrogens is 182 g/mol. The number of aromatic nitrogens is 4. The molecule has 1 N–H and O–H groups in total. The fourth-order valence-corrected chi connectivity index (χ4v) is 1.12. The van der Waals surface area contributed by atoms with Crippen molar-refractivity contribution in [2.24, 2.45) is 0 Å². The van der Waals surface area contributed by atoms with Crippen LogP contribution in [0.1, 0.15) is 19.2 Å². The van der Waals surface area contributed by atoms with Gasteiger partial charge >= 0.3 is 0 Å². The van der Waals surface area contributed by atoms with Crippen molar-refractivity contribution in [3.8, 4) is 0 Å². The van der Waals surface area contributed by atoms with Crippen LogP contribution < -0.4 is 5.32 Å². The number of nitrogens with zero attached hydrogens (tertiary/aromatic N) is 4. The number of hydrogen-bond donors (Lipinski definition) is 1. The number of methoxy groups -OCH3 is 1. The van der Waals surface area contributed by atoms with Crippen LogP contribution in [-0.2, 0) is 17.8 Å². The summed E-state index contributed by atoms with van der Waals surface area (Å²) in [5, 5.41) is 14.7. The van der Waals surface area contributed by atoms with E-state index in [0.29, 0.717) is 0 Å². The summed E-state index contributed by atoms with van der Waals surface area (Å²) in [5.41, 5.74) is 0. The minimum absolute atomic E-state index is 0.719. The summed E-state index contributed by atoms with van der Waals surface area (Å²) in [6.07, 6.45) is 0.931. The Morgan fingerprint density at radius 1 is 1.50 bits per heavy atom. The molecule has 0 aliphatic heterocycles. The van der Waals surface area contributed by atoms with E-state index in [-0.39, 0.29) is 0 Å². The second-order valence-electron chi connectivity index (χ2n) is 2.94. The Morgan fingerprint density at radius 2 is 2.36 bits per heavy atom. The van der Waals surface area contributed by atoms with Crippen molar-refractivity contribution in [1.82, 2.24) is 25.5 Å². The van der Waals surface area contributed by atoms with Gasteiger partial charge in [-0.05, 0) is 23.4 Å². The van der Waals surface area contributed by atoms with Crippen molar-refractivity contribution in [2.75, 3.05) is 20.3 Å². The average Bonchev–Trinajstić information content (AvgIpc) is 2.63. The number of nitrogens with one attached hydrogen (secondary N) is 1. The second-order valence-corrected chi connectivity index (χ2v) is 2.94. The summed E-state index contributed by atoms with van der Waals surface area (Å²) >= 11 is 0. The van der Waals surface area contributed by atoms with Gasteiger partial charge in [0.15, 0.2) is 5.82 Å². The molecule has 1 rings (SSSR count). The van der Waals surface area contributed by atoms with E-state index >= 15 is 0 Å². The molecule has 0 radical (unpaired) electrons. The van der Waals surface area contributed by atoms with Crippen LogP contribution in [-0.4, -0.2) is 40.5 Å². The topological polar surface area (TPSA) is 64.9 Å². The quantitative estimate of drug-likeness (QED) is 0.617. The Bertz CT molecular complexity index is 250. The van der Waals surface area contributed by atoms with Crippen molar-refractivity contribution in [3.63, 3.8) is 0 Å². The van der Waals surface area contributed by atoms with Crippen LogP contribution in [0.5, 0.6) is 0 Å². The molecule has 0 saturated heterocycles. The zero-order chi connectivity index (χ0) is 10.2. The van der Waals surface area contributed by atoms with Crippen molar-refractivity contribution in [2.45, 2.75) is 26.4 Å². The monoisotopic (exact) mass is 199 g/mol. The lowest BCUT2D eigenvalue weighted by Crippen LogP contribution is -2.17. The fraction of sp³-hybridized carbons (Fsp3) is 0.875. The molecule has 0 atom stereocenters. The summed E-state index contributed by atoms with van der Waals surface area (Å²) in [4.78, 5) is 0. The van der Waals surface area contributed by atoms with Crippen molar-refractivity contribution < 1.29 is 4.74 Å². The molecule has 6 nitrogen and oxygen atoms in total. The highest BCUT2D eigenvalue weighted by atomic mass is 16.5. The largest absolute Gasteiger partial charge is 0.385 e. The number of hydrogen-bond acceptors (Lipinski definition) is 5. The van der Waals surface area contributed by atoms with Gasteiger partial charge in [0, 0.05) is 20.3 Å². The minimum atomic E-state index is 0.719. The zero-order valence-corrected chi connectivity index (χ0v) is 8.73. The Labute approximate surface area is 83.6 Å². The first-order valence-electron chi connectivity index (χ1n) is 4.83. The summed E-state index contributed by atoms with van der Waals surface area (Å²) in [7, 11) is 1.69. The van der Waals surface area contributed by atoms with Crippen molar-refractivity contribution in [1.29, 1.82) is 0 Å². The van der Waals surface area contributed by atoms with Gasteiger partial charge in [0.05, 0.1) is 6.54 Å². The van der Waals surface area contributed by atoms with Crippen molar-refractivity contribution >= 4 is 0 Å². The molecule has 0 fully saturated rings. The van der Waals surface area contributed by atoms with Gasteiger partial charge in [-0.15, -0.1) is 5.10 Å². The van der Waals surface area contributed by atoms with E-state index in [9.17, 15) is 0 Å². The van der Waals surface area contributed by atoms with Crippen LogP contribution in [0.15, 0.2) is 0 Å². The number of rotatable bonds is 7. The van der Waals surface area contributed by atoms with E-state index in [2.05, 4.69) is 27.8 Å². The highest BCUT2D eigenvalue weighted by molar-refractivity contribution is 4.79. The van der Waals surface area contributed by atoms with Gasteiger partial charge in [0.1, 0.15) is 0 Å². The van der Waals surface area contributed by atoms with Gasteiger partial charge in [0.2, 0.25) is 0 Å². The molecule has 0 spiro atoms. The fourth-order valence-electron chi connectivity index (χ4n) is 1.12. The Balaban J connectivity index is 2.37. The molecule has 80 valence electrons. The molecule has 0 aliphatic carbocycles. The molecule has 14 heavy (non-hydrogen) atoms. The molecule has 1 aromatic heterocycles. The maximum Gasteiger partial charge on any atom is 0.165 e. The molecule has 1 heterocycles. The Hall–Kier alpha value is -1.01. The highest BCUT2D eigenvalue weighted by Crippen LogP contribution is 1.94. The van der Waals surface area contributed by atoms with E-state index in [1.807, 2.05) is 4.68 Å². The molecule has 0 bridgehead atoms. The first-order chi connectivity index (χ1) is 6.88. The maximum atomic E-state index is 4.96. The van der Waals surface area contributed by atoms with Gasteiger partial charge < -0.3 is 10.1 Å². The van der Waals surface area contributed by atoms with E-state index in [4.69, 9.17) is 4.74 Å². The lowest BCUT2D eigenvalue weighted by Gasteiger charge is -2.03. The minimum Gasteiger partial charge on any atom is -0.385 e. The molecule has 0 aliphatic rings. The Morgan fingerprint density at radius 3 is 3.07 bits per heavy atom. The van der Waals surface area contributed by atoms with E-state index in [1.54, 1.807) is 7.11 Å². The van der Waals surface area contributed by atoms with Crippen LogP contribution in [0.25, 0.3) is 0 Å². The summed E-state index contributed by atoms with van der Waals surface area (Å²) in [6, 6.07) is 0. The number of ether oxygens (including phenoxy) is 1. The molecule has 0 saturated carbocycles. The van der Waals surface area contributed by atoms with Crippen LogP contribution in [0.3, 0.4) is 0 Å². The lowest BCUT2D eigenvalue weighted by atomic mass is 10.4. The number of aryl methyl sites for hydroxylation is 1. The van der Waals surface area contributed by atoms with Crippen LogP contribution in [0.4, 0.5) is 0 Å². The third kappa shape index (κ3) is 3.39. The summed E-state index contributed by atoms with van der Waals surface area (Å²) in [5.74, 6) is 0.878. The van der Waals surface area contributed by atoms with Gasteiger partial charge in [0.25, 0.3) is 0 Å². The van der Waals surface area contributed by atoms with Gasteiger partial charge in [-0.1, -0.05) is 6.92 Å². The molecule has 0 unspecified atom stereocenters. The Kier molecular flexibility index (Phi) is 5.09. The van der Waals surface area contributed by atoms with Crippen LogP contribution >= 0.6 is 0 Å². The lowest BCUT2D eigenvalue weighted by molar-refractivity contribution is 0.188. The van der Waals surface area contributed by atoms with Gasteiger partial charge in [-0.3, -0.25) is 0 Å². The van der Waals surface area contributed by atoms with E-state index in [1.165, 1.54) is 0 Å². The predicted molar refractivity (Wildman–Crippen MR) is 51.7 cm³/mol. The van der Waals surface area contributed by atoms with Gasteiger partial charge in [-0.25, -0.2) is 4.68 Å². The van der Waals surface area contributed by atoms with E-state index in [0.717, 1.165) is 38.5 Å². The zero-order valence-electron chi connectivity index (χ0n) is 8.73. The first-order valence-corrected chi connectivity index (χ1v) is 4.83. The predicted octanol–water partition coefficient (Wildman–Crippen LogP) is -0.181.